The third kappa shape index (κ3) is 4.99. The normalized spacial score (nSPS) is 19.5. The van der Waals surface area contributed by atoms with Crippen molar-refractivity contribution < 1.29 is 9.18 Å². The molecule has 2 fully saturated rings. The highest BCUT2D eigenvalue weighted by Crippen LogP contribution is 2.29. The second-order valence-electron chi connectivity index (χ2n) is 9.13. The highest BCUT2D eigenvalue weighted by Gasteiger charge is 2.27. The maximum absolute atomic E-state index is 14.2. The quantitative estimate of drug-likeness (QED) is 0.635. The van der Waals surface area contributed by atoms with Crippen molar-refractivity contribution in [1.82, 2.24) is 15.6 Å². The van der Waals surface area contributed by atoms with E-state index in [1.165, 1.54) is 38.2 Å². The Morgan fingerprint density at radius 2 is 1.84 bits per heavy atom. The van der Waals surface area contributed by atoms with Gasteiger partial charge in [0.25, 0.3) is 5.91 Å². The second kappa shape index (κ2) is 9.49. The van der Waals surface area contributed by atoms with E-state index in [1.807, 2.05) is 6.07 Å². The number of aromatic nitrogens is 1. The van der Waals surface area contributed by atoms with Crippen LogP contribution in [0.15, 0.2) is 18.2 Å². The molecule has 2 aliphatic rings. The van der Waals surface area contributed by atoms with Crippen molar-refractivity contribution in [3.63, 3.8) is 0 Å². The van der Waals surface area contributed by atoms with Crippen molar-refractivity contribution in [3.8, 4) is 0 Å². The van der Waals surface area contributed by atoms with Crippen LogP contribution in [0.1, 0.15) is 67.8 Å². The summed E-state index contributed by atoms with van der Waals surface area (Å²) in [5, 5.41) is 7.38. The molecule has 0 bridgehead atoms. The van der Waals surface area contributed by atoms with Gasteiger partial charge in [-0.2, -0.15) is 0 Å². The number of nitrogens with two attached hydrogens (primary N) is 1. The Morgan fingerprint density at radius 1 is 1.16 bits per heavy atom. The summed E-state index contributed by atoms with van der Waals surface area (Å²) >= 11 is 0. The molecule has 1 amide bonds. The number of halogens is 1. The highest BCUT2D eigenvalue weighted by molar-refractivity contribution is 6.03. The summed E-state index contributed by atoms with van der Waals surface area (Å²) in [5.41, 5.74) is 7.41. The van der Waals surface area contributed by atoms with E-state index in [1.54, 1.807) is 19.9 Å². The predicted molar refractivity (Wildman–Crippen MR) is 123 cm³/mol. The molecule has 0 radical (unpaired) electrons. The Hall–Kier alpha value is -2.25. The van der Waals surface area contributed by atoms with Gasteiger partial charge in [0.05, 0.1) is 17.2 Å². The molecule has 4 N–H and O–H groups in total. The van der Waals surface area contributed by atoms with Crippen LogP contribution in [0, 0.1) is 12.7 Å². The van der Waals surface area contributed by atoms with Gasteiger partial charge in [-0.3, -0.25) is 4.79 Å². The molecule has 1 aromatic heterocycles. The van der Waals surface area contributed by atoms with E-state index >= 15 is 0 Å². The first kappa shape index (κ1) is 22.0. The smallest absolute Gasteiger partial charge is 0.256 e. The molecule has 1 saturated heterocycles. The lowest BCUT2D eigenvalue weighted by Crippen LogP contribution is -2.47. The van der Waals surface area contributed by atoms with Crippen molar-refractivity contribution in [1.29, 1.82) is 0 Å². The summed E-state index contributed by atoms with van der Waals surface area (Å²) in [5.74, 6) is 0.0911. The fraction of sp³-hybridized carbons (Fsp3) is 0.583. The molecule has 31 heavy (non-hydrogen) atoms. The number of hydrogen-bond donors (Lipinski definition) is 3. The van der Waals surface area contributed by atoms with Crippen molar-refractivity contribution in [2.24, 2.45) is 5.73 Å². The van der Waals surface area contributed by atoms with Gasteiger partial charge < -0.3 is 21.3 Å². The number of carbonyl (C=O) groups is 1. The average Bonchev–Trinajstić information content (AvgIpc) is 2.76. The number of piperidine rings is 1. The summed E-state index contributed by atoms with van der Waals surface area (Å²) in [6, 6.07) is 6.06. The van der Waals surface area contributed by atoms with Crippen LogP contribution in [-0.4, -0.2) is 42.2 Å². The van der Waals surface area contributed by atoms with E-state index in [0.29, 0.717) is 34.5 Å². The van der Waals surface area contributed by atoms with E-state index in [0.717, 1.165) is 31.3 Å². The first-order valence-electron chi connectivity index (χ1n) is 11.6. The molecule has 1 aliphatic carbocycles. The largest absolute Gasteiger partial charge is 0.356 e. The number of hydrogen-bond acceptors (Lipinski definition) is 5. The molecule has 1 atom stereocenters. The topological polar surface area (TPSA) is 83.3 Å². The first-order valence-corrected chi connectivity index (χ1v) is 11.6. The zero-order chi connectivity index (χ0) is 22.0. The third-order valence-electron chi connectivity index (χ3n) is 6.63. The van der Waals surface area contributed by atoms with Crippen molar-refractivity contribution in [2.75, 3.05) is 18.0 Å². The molecule has 6 nitrogen and oxygen atoms in total. The molecule has 2 heterocycles. The van der Waals surface area contributed by atoms with E-state index < -0.39 is 6.17 Å². The zero-order valence-electron chi connectivity index (χ0n) is 18.6. The number of nitrogens with one attached hydrogen (secondary N) is 2. The molecule has 1 unspecified atom stereocenters. The number of aryl methyl sites for hydroxylation is 1. The molecule has 0 spiro atoms. The predicted octanol–water partition coefficient (Wildman–Crippen LogP) is 3.61. The monoisotopic (exact) mass is 427 g/mol. The molecule has 1 aromatic carbocycles. The minimum absolute atomic E-state index is 0.246. The van der Waals surface area contributed by atoms with Crippen LogP contribution in [-0.2, 0) is 0 Å². The van der Waals surface area contributed by atoms with Crippen LogP contribution in [0.4, 0.5) is 10.2 Å². The third-order valence-corrected chi connectivity index (χ3v) is 6.63. The number of nitrogens with zero attached hydrogens (tertiary/aromatic N) is 2. The summed E-state index contributed by atoms with van der Waals surface area (Å²) in [6.07, 6.45) is 8.11. The molecule has 4 rings (SSSR count). The van der Waals surface area contributed by atoms with E-state index in [2.05, 4.69) is 15.5 Å². The van der Waals surface area contributed by atoms with E-state index in [9.17, 15) is 9.18 Å². The molecule has 2 aromatic rings. The van der Waals surface area contributed by atoms with Gasteiger partial charge in [-0.05, 0) is 57.7 Å². The van der Waals surface area contributed by atoms with Gasteiger partial charge >= 0.3 is 0 Å². The Labute approximate surface area is 183 Å². The van der Waals surface area contributed by atoms with Crippen LogP contribution in [0.3, 0.4) is 0 Å². The number of pyridine rings is 1. The van der Waals surface area contributed by atoms with Gasteiger partial charge in [-0.25, -0.2) is 9.37 Å². The number of carbonyl (C=O) groups excluding carboxylic acids is 1. The van der Waals surface area contributed by atoms with Gasteiger partial charge in [0, 0.05) is 36.1 Å². The number of amides is 1. The minimum atomic E-state index is -0.462. The lowest BCUT2D eigenvalue weighted by atomic mass is 9.93. The van der Waals surface area contributed by atoms with E-state index in [-0.39, 0.29) is 11.7 Å². The Bertz CT molecular complexity index is 933. The van der Waals surface area contributed by atoms with Crippen molar-refractivity contribution in [2.45, 2.75) is 77.0 Å². The zero-order valence-corrected chi connectivity index (χ0v) is 18.6. The van der Waals surface area contributed by atoms with Gasteiger partial charge in [0.2, 0.25) is 0 Å². The molecular formula is C24H34FN5O. The Morgan fingerprint density at radius 3 is 2.52 bits per heavy atom. The lowest BCUT2D eigenvalue weighted by molar-refractivity contribution is 0.0941. The van der Waals surface area contributed by atoms with Gasteiger partial charge in [0.15, 0.2) is 0 Å². The molecule has 1 saturated carbocycles. The number of rotatable bonds is 5. The second-order valence-corrected chi connectivity index (χ2v) is 9.13. The number of fused-ring (bicyclic) bond motifs is 1. The fourth-order valence-electron chi connectivity index (χ4n) is 4.90. The summed E-state index contributed by atoms with van der Waals surface area (Å²) < 4.78 is 14.2. The van der Waals surface area contributed by atoms with Crippen LogP contribution < -0.4 is 21.3 Å². The number of anilines is 1. The maximum atomic E-state index is 14.2. The van der Waals surface area contributed by atoms with Gasteiger partial charge in [-0.15, -0.1) is 0 Å². The Balaban J connectivity index is 1.57. The standard InChI is InChI=1S/C24H34FN5O/c1-15-21(25)9-8-17-14-20(24(31)27-16(2)26)23(29-22(15)17)30-12-10-19(11-13-30)28-18-6-4-3-5-7-18/h8-9,14,16,18-19,28H,3-7,10-13,26H2,1-2H3,(H,27,31). The van der Waals surface area contributed by atoms with Crippen molar-refractivity contribution >= 4 is 22.6 Å². The van der Waals surface area contributed by atoms with Crippen LogP contribution in [0.2, 0.25) is 0 Å². The summed E-state index contributed by atoms with van der Waals surface area (Å²) in [4.78, 5) is 19.9. The Kier molecular flexibility index (Phi) is 6.72. The SMILES string of the molecule is Cc1c(F)ccc2cc(C(=O)NC(C)N)c(N3CCC(NC4CCCCC4)CC3)nc12. The maximum Gasteiger partial charge on any atom is 0.256 e. The van der Waals surface area contributed by atoms with Gasteiger partial charge in [0.1, 0.15) is 11.6 Å². The molecule has 1 aliphatic heterocycles. The van der Waals surface area contributed by atoms with Gasteiger partial charge in [-0.1, -0.05) is 19.3 Å². The summed E-state index contributed by atoms with van der Waals surface area (Å²) in [7, 11) is 0. The summed E-state index contributed by atoms with van der Waals surface area (Å²) in [6.45, 7) is 5.09. The minimum Gasteiger partial charge on any atom is -0.356 e. The average molecular weight is 428 g/mol. The molecule has 7 heteroatoms. The fourth-order valence-corrected chi connectivity index (χ4v) is 4.90. The van der Waals surface area contributed by atoms with Crippen molar-refractivity contribution in [3.05, 3.63) is 35.1 Å². The van der Waals surface area contributed by atoms with Crippen LogP contribution in [0.5, 0.6) is 0 Å². The first-order chi connectivity index (χ1) is 14.9. The lowest BCUT2D eigenvalue weighted by Gasteiger charge is -2.36. The molecule has 168 valence electrons. The van der Waals surface area contributed by atoms with E-state index in [4.69, 9.17) is 10.7 Å². The van der Waals surface area contributed by atoms with Crippen LogP contribution in [0.25, 0.3) is 10.9 Å². The molecular weight excluding hydrogens is 393 g/mol. The highest BCUT2D eigenvalue weighted by atomic mass is 19.1. The number of benzene rings is 1. The van der Waals surface area contributed by atoms with Crippen LogP contribution >= 0.6 is 0 Å².